The van der Waals surface area contributed by atoms with E-state index in [1.807, 2.05) is 30.3 Å². The summed E-state index contributed by atoms with van der Waals surface area (Å²) in [7, 11) is 0. The normalized spacial score (nSPS) is 35.3. The molecule has 1 aromatic carbocycles. The molecule has 106 valence electrons. The Bertz CT molecular complexity index is 384. The van der Waals surface area contributed by atoms with Crippen molar-refractivity contribution in [1.29, 1.82) is 0 Å². The van der Waals surface area contributed by atoms with Gasteiger partial charge in [0.15, 0.2) is 6.29 Å². The summed E-state index contributed by atoms with van der Waals surface area (Å²) in [5.74, 6) is 0. The number of hydrogen-bond donors (Lipinski definition) is 4. The quantitative estimate of drug-likeness (QED) is 0.560. The molecule has 5 atom stereocenters. The first-order valence-electron chi connectivity index (χ1n) is 6.09. The Hall–Kier alpha value is -1.02. The van der Waals surface area contributed by atoms with Crippen molar-refractivity contribution >= 4 is 0 Å². The summed E-state index contributed by atoms with van der Waals surface area (Å²) in [5.41, 5.74) is 0.878. The Morgan fingerprint density at radius 3 is 2.37 bits per heavy atom. The molecule has 1 saturated heterocycles. The van der Waals surface area contributed by atoms with Gasteiger partial charge in [0, 0.05) is 0 Å². The van der Waals surface area contributed by atoms with Gasteiger partial charge in [0.05, 0.1) is 13.2 Å². The molecule has 1 aromatic rings. The standard InChI is InChI=1S/C13H18O6/c14-6-9-10(15)12(11(16)13(17)19-9)18-7-8-4-2-1-3-5-8/h1-5,9-17H,6-7H2/t9-,10+,11+,12-,13?/m0/s1. The topological polar surface area (TPSA) is 99.4 Å². The third kappa shape index (κ3) is 3.30. The van der Waals surface area contributed by atoms with E-state index in [0.717, 1.165) is 5.56 Å². The summed E-state index contributed by atoms with van der Waals surface area (Å²) in [6.07, 6.45) is -6.03. The molecule has 0 saturated carbocycles. The van der Waals surface area contributed by atoms with Gasteiger partial charge in [-0.3, -0.25) is 0 Å². The van der Waals surface area contributed by atoms with Gasteiger partial charge in [-0.2, -0.15) is 0 Å². The summed E-state index contributed by atoms with van der Waals surface area (Å²) < 4.78 is 10.3. The average molecular weight is 270 g/mol. The van der Waals surface area contributed by atoms with Crippen molar-refractivity contribution in [1.82, 2.24) is 0 Å². The molecule has 0 aromatic heterocycles. The van der Waals surface area contributed by atoms with Gasteiger partial charge in [0.1, 0.15) is 24.4 Å². The molecule has 1 unspecified atom stereocenters. The summed E-state index contributed by atoms with van der Waals surface area (Å²) in [5, 5.41) is 38.2. The van der Waals surface area contributed by atoms with Crippen LogP contribution in [-0.4, -0.2) is 57.7 Å². The first-order valence-corrected chi connectivity index (χ1v) is 6.09. The number of ether oxygens (including phenoxy) is 2. The van der Waals surface area contributed by atoms with E-state index < -0.39 is 37.3 Å². The van der Waals surface area contributed by atoms with Crippen LogP contribution in [0.4, 0.5) is 0 Å². The van der Waals surface area contributed by atoms with Crippen molar-refractivity contribution in [2.75, 3.05) is 6.61 Å². The highest BCUT2D eigenvalue weighted by atomic mass is 16.6. The maximum absolute atomic E-state index is 9.91. The molecule has 1 aliphatic heterocycles. The van der Waals surface area contributed by atoms with Gasteiger partial charge in [-0.05, 0) is 5.56 Å². The zero-order chi connectivity index (χ0) is 13.8. The van der Waals surface area contributed by atoms with E-state index in [9.17, 15) is 15.3 Å². The summed E-state index contributed by atoms with van der Waals surface area (Å²) in [6.45, 7) is -0.277. The summed E-state index contributed by atoms with van der Waals surface area (Å²) >= 11 is 0. The van der Waals surface area contributed by atoms with Gasteiger partial charge < -0.3 is 29.9 Å². The molecular weight excluding hydrogens is 252 g/mol. The first kappa shape index (κ1) is 14.4. The van der Waals surface area contributed by atoms with Crippen LogP contribution in [0.5, 0.6) is 0 Å². The molecule has 0 spiro atoms. The number of benzene rings is 1. The predicted octanol–water partition coefficient (Wildman–Crippen LogP) is -0.997. The average Bonchev–Trinajstić information content (AvgIpc) is 2.44. The number of hydrogen-bond acceptors (Lipinski definition) is 6. The van der Waals surface area contributed by atoms with E-state index in [1.54, 1.807) is 0 Å². The minimum atomic E-state index is -1.48. The van der Waals surface area contributed by atoms with Gasteiger partial charge in [0.2, 0.25) is 0 Å². The fraction of sp³-hybridized carbons (Fsp3) is 0.538. The first-order chi connectivity index (χ1) is 9.13. The minimum absolute atomic E-state index is 0.185. The Labute approximate surface area is 110 Å². The lowest BCUT2D eigenvalue weighted by molar-refractivity contribution is -0.296. The van der Waals surface area contributed by atoms with Crippen LogP contribution in [0.1, 0.15) is 5.56 Å². The van der Waals surface area contributed by atoms with Crippen LogP contribution in [0, 0.1) is 0 Å². The molecule has 0 aliphatic carbocycles. The fourth-order valence-corrected chi connectivity index (χ4v) is 2.03. The zero-order valence-electron chi connectivity index (χ0n) is 10.3. The van der Waals surface area contributed by atoms with Crippen molar-refractivity contribution < 1.29 is 29.9 Å². The summed E-state index contributed by atoms with van der Waals surface area (Å²) in [6, 6.07) is 9.26. The Balaban J connectivity index is 2.00. The molecule has 1 aliphatic rings. The van der Waals surface area contributed by atoms with Gasteiger partial charge in [-0.25, -0.2) is 0 Å². The van der Waals surface area contributed by atoms with Crippen LogP contribution in [-0.2, 0) is 16.1 Å². The van der Waals surface area contributed by atoms with E-state index in [0.29, 0.717) is 0 Å². The third-order valence-corrected chi connectivity index (χ3v) is 3.13. The number of aliphatic hydroxyl groups excluding tert-OH is 4. The highest BCUT2D eigenvalue weighted by Crippen LogP contribution is 2.23. The fourth-order valence-electron chi connectivity index (χ4n) is 2.03. The molecule has 2 rings (SSSR count). The molecule has 1 fully saturated rings. The molecule has 0 radical (unpaired) electrons. The Morgan fingerprint density at radius 1 is 1.05 bits per heavy atom. The second-order valence-electron chi connectivity index (χ2n) is 4.49. The molecule has 1 heterocycles. The predicted molar refractivity (Wildman–Crippen MR) is 65.0 cm³/mol. The minimum Gasteiger partial charge on any atom is -0.394 e. The van der Waals surface area contributed by atoms with E-state index in [1.165, 1.54) is 0 Å². The lowest BCUT2D eigenvalue weighted by Gasteiger charge is -2.39. The molecular formula is C13H18O6. The summed E-state index contributed by atoms with van der Waals surface area (Å²) in [4.78, 5) is 0. The Kier molecular flexibility index (Phi) is 4.87. The molecule has 6 nitrogen and oxygen atoms in total. The van der Waals surface area contributed by atoms with Crippen molar-refractivity contribution in [2.45, 2.75) is 37.3 Å². The Morgan fingerprint density at radius 2 is 1.74 bits per heavy atom. The van der Waals surface area contributed by atoms with Crippen molar-refractivity contribution in [3.8, 4) is 0 Å². The monoisotopic (exact) mass is 270 g/mol. The van der Waals surface area contributed by atoms with Crippen LogP contribution in [0.25, 0.3) is 0 Å². The highest BCUT2D eigenvalue weighted by molar-refractivity contribution is 5.13. The highest BCUT2D eigenvalue weighted by Gasteiger charge is 2.44. The van der Waals surface area contributed by atoms with Crippen LogP contribution in [0.3, 0.4) is 0 Å². The molecule has 0 amide bonds. The van der Waals surface area contributed by atoms with Crippen LogP contribution < -0.4 is 0 Å². The lowest BCUT2D eigenvalue weighted by Crippen LogP contribution is -2.59. The van der Waals surface area contributed by atoms with Crippen molar-refractivity contribution in [3.05, 3.63) is 35.9 Å². The SMILES string of the molecule is OC[C@@H]1OC(O)[C@H](O)[C@@H](OCc2ccccc2)[C@@H]1O. The molecule has 0 bridgehead atoms. The van der Waals surface area contributed by atoms with Crippen LogP contribution in [0.15, 0.2) is 30.3 Å². The van der Waals surface area contributed by atoms with Gasteiger partial charge in [-0.15, -0.1) is 0 Å². The van der Waals surface area contributed by atoms with Crippen LogP contribution >= 0.6 is 0 Å². The largest absolute Gasteiger partial charge is 0.394 e. The van der Waals surface area contributed by atoms with Gasteiger partial charge >= 0.3 is 0 Å². The van der Waals surface area contributed by atoms with Crippen LogP contribution in [0.2, 0.25) is 0 Å². The van der Waals surface area contributed by atoms with Gasteiger partial charge in [0.25, 0.3) is 0 Å². The van der Waals surface area contributed by atoms with E-state index in [4.69, 9.17) is 14.6 Å². The molecule has 19 heavy (non-hydrogen) atoms. The zero-order valence-corrected chi connectivity index (χ0v) is 10.3. The maximum atomic E-state index is 9.91. The number of rotatable bonds is 4. The van der Waals surface area contributed by atoms with E-state index >= 15 is 0 Å². The molecule has 4 N–H and O–H groups in total. The van der Waals surface area contributed by atoms with Crippen molar-refractivity contribution in [3.63, 3.8) is 0 Å². The third-order valence-electron chi connectivity index (χ3n) is 3.13. The van der Waals surface area contributed by atoms with Gasteiger partial charge in [-0.1, -0.05) is 30.3 Å². The lowest BCUT2D eigenvalue weighted by atomic mass is 9.99. The molecule has 6 heteroatoms. The van der Waals surface area contributed by atoms with Crippen molar-refractivity contribution in [2.24, 2.45) is 0 Å². The second-order valence-corrected chi connectivity index (χ2v) is 4.49. The second kappa shape index (κ2) is 6.42. The number of aliphatic hydroxyl groups is 4. The van der Waals surface area contributed by atoms with E-state index in [-0.39, 0.29) is 6.61 Å². The van der Waals surface area contributed by atoms with E-state index in [2.05, 4.69) is 0 Å². The smallest absolute Gasteiger partial charge is 0.184 e. The maximum Gasteiger partial charge on any atom is 0.184 e.